The molecular weight excluding hydrogens is 268 g/mol. The molecule has 0 spiro atoms. The fraction of sp³-hybridized carbons (Fsp3) is 0.118. The van der Waals surface area contributed by atoms with Crippen molar-refractivity contribution < 1.29 is 9.21 Å². The normalized spacial score (nSPS) is 10.8. The summed E-state index contributed by atoms with van der Waals surface area (Å²) < 4.78 is 5.57. The third-order valence-corrected chi connectivity index (χ3v) is 4.10. The van der Waals surface area contributed by atoms with Crippen LogP contribution in [0.5, 0.6) is 0 Å². The largest absolute Gasteiger partial charge is 0.453 e. The summed E-state index contributed by atoms with van der Waals surface area (Å²) in [6.07, 6.45) is 0. The molecule has 2 aromatic carbocycles. The van der Waals surface area contributed by atoms with Gasteiger partial charge in [-0.1, -0.05) is 35.9 Å². The maximum atomic E-state index is 12.1. The molecular formula is C17H14O2S. The number of carbonyl (C=O) groups is 1. The number of rotatable bonds is 4. The molecule has 0 unspecified atom stereocenters. The number of thioether (sulfide) groups is 1. The predicted molar refractivity (Wildman–Crippen MR) is 82.4 cm³/mol. The van der Waals surface area contributed by atoms with Crippen LogP contribution in [0.2, 0.25) is 0 Å². The Morgan fingerprint density at radius 3 is 2.60 bits per heavy atom. The van der Waals surface area contributed by atoms with Crippen molar-refractivity contribution in [2.24, 2.45) is 0 Å². The van der Waals surface area contributed by atoms with E-state index in [0.29, 0.717) is 11.5 Å². The van der Waals surface area contributed by atoms with Gasteiger partial charge in [-0.05, 0) is 31.2 Å². The van der Waals surface area contributed by atoms with E-state index < -0.39 is 0 Å². The smallest absolute Gasteiger partial charge is 0.208 e. The lowest BCUT2D eigenvalue weighted by atomic mass is 10.2. The fourth-order valence-corrected chi connectivity index (χ4v) is 2.74. The molecule has 0 N–H and O–H groups in total. The van der Waals surface area contributed by atoms with E-state index >= 15 is 0 Å². The monoisotopic (exact) mass is 282 g/mol. The van der Waals surface area contributed by atoms with Gasteiger partial charge in [0, 0.05) is 10.3 Å². The Bertz CT molecular complexity index is 708. The van der Waals surface area contributed by atoms with Crippen LogP contribution in [-0.2, 0) is 0 Å². The lowest BCUT2D eigenvalue weighted by molar-refractivity contribution is 0.0994. The van der Waals surface area contributed by atoms with E-state index in [1.54, 1.807) is 0 Å². The standard InChI is InChI=1S/C17H14O2S/c1-12-6-8-14(9-7-12)20-11-15(18)17-10-13-4-2-3-5-16(13)19-17/h2-10H,11H2,1H3. The summed E-state index contributed by atoms with van der Waals surface area (Å²) in [7, 11) is 0. The predicted octanol–water partition coefficient (Wildman–Crippen LogP) is 4.72. The summed E-state index contributed by atoms with van der Waals surface area (Å²) in [6.45, 7) is 2.05. The molecule has 100 valence electrons. The molecule has 0 saturated heterocycles. The molecule has 0 amide bonds. The van der Waals surface area contributed by atoms with Gasteiger partial charge < -0.3 is 4.42 Å². The number of hydrogen-bond acceptors (Lipinski definition) is 3. The summed E-state index contributed by atoms with van der Waals surface area (Å²) in [5, 5.41) is 0.969. The minimum atomic E-state index is 0.0202. The van der Waals surface area contributed by atoms with Gasteiger partial charge in [-0.3, -0.25) is 4.79 Å². The quantitative estimate of drug-likeness (QED) is 0.512. The Hall–Kier alpha value is -2.00. The number of Topliss-reactive ketones (excluding diaryl/α,β-unsaturated/α-hetero) is 1. The second kappa shape index (κ2) is 5.55. The number of ketones is 1. The van der Waals surface area contributed by atoms with E-state index in [-0.39, 0.29) is 5.78 Å². The van der Waals surface area contributed by atoms with Crippen LogP contribution in [0.25, 0.3) is 11.0 Å². The van der Waals surface area contributed by atoms with Crippen molar-refractivity contribution >= 4 is 28.5 Å². The molecule has 0 saturated carbocycles. The summed E-state index contributed by atoms with van der Waals surface area (Å²) >= 11 is 1.53. The summed E-state index contributed by atoms with van der Waals surface area (Å²) in [6, 6.07) is 17.6. The Morgan fingerprint density at radius 2 is 1.85 bits per heavy atom. The molecule has 0 aliphatic rings. The molecule has 0 bridgehead atoms. The molecule has 0 fully saturated rings. The highest BCUT2D eigenvalue weighted by atomic mass is 32.2. The Balaban J connectivity index is 1.71. The molecule has 3 aromatic rings. The first-order valence-electron chi connectivity index (χ1n) is 6.43. The lowest BCUT2D eigenvalue weighted by Gasteiger charge is -2.00. The van der Waals surface area contributed by atoms with E-state index in [2.05, 4.69) is 0 Å². The van der Waals surface area contributed by atoms with Crippen LogP contribution in [0.3, 0.4) is 0 Å². The third kappa shape index (κ3) is 2.78. The average molecular weight is 282 g/mol. The lowest BCUT2D eigenvalue weighted by Crippen LogP contribution is -2.00. The minimum absolute atomic E-state index is 0.0202. The zero-order chi connectivity index (χ0) is 13.9. The van der Waals surface area contributed by atoms with Gasteiger partial charge in [0.05, 0.1) is 5.75 Å². The van der Waals surface area contributed by atoms with Crippen LogP contribution in [0, 0.1) is 6.92 Å². The molecule has 0 atom stereocenters. The number of carbonyl (C=O) groups excluding carboxylic acids is 1. The number of fused-ring (bicyclic) bond motifs is 1. The fourth-order valence-electron chi connectivity index (χ4n) is 1.97. The van der Waals surface area contributed by atoms with Gasteiger partial charge in [-0.2, -0.15) is 0 Å². The average Bonchev–Trinajstić information content (AvgIpc) is 2.90. The number of benzene rings is 2. The van der Waals surface area contributed by atoms with Crippen molar-refractivity contribution in [3.8, 4) is 0 Å². The first-order valence-corrected chi connectivity index (χ1v) is 7.42. The molecule has 0 radical (unpaired) electrons. The zero-order valence-electron chi connectivity index (χ0n) is 11.1. The van der Waals surface area contributed by atoms with Crippen molar-refractivity contribution in [3.05, 3.63) is 65.9 Å². The summed E-state index contributed by atoms with van der Waals surface area (Å²) in [5.41, 5.74) is 1.98. The molecule has 1 aromatic heterocycles. The first kappa shape index (κ1) is 13.0. The Morgan fingerprint density at radius 1 is 1.10 bits per heavy atom. The van der Waals surface area contributed by atoms with Crippen molar-refractivity contribution in [1.29, 1.82) is 0 Å². The van der Waals surface area contributed by atoms with E-state index in [4.69, 9.17) is 4.42 Å². The summed E-state index contributed by atoms with van der Waals surface area (Å²) in [5.74, 6) is 0.848. The maximum Gasteiger partial charge on any atom is 0.208 e. The van der Waals surface area contributed by atoms with Crippen LogP contribution in [0.1, 0.15) is 16.1 Å². The second-order valence-corrected chi connectivity index (χ2v) is 5.72. The maximum absolute atomic E-state index is 12.1. The molecule has 0 aliphatic heterocycles. The molecule has 1 heterocycles. The minimum Gasteiger partial charge on any atom is -0.453 e. The molecule has 3 heteroatoms. The van der Waals surface area contributed by atoms with Crippen LogP contribution in [0.4, 0.5) is 0 Å². The highest BCUT2D eigenvalue weighted by Crippen LogP contribution is 2.23. The Kier molecular flexibility index (Phi) is 3.61. The van der Waals surface area contributed by atoms with E-state index in [9.17, 15) is 4.79 Å². The molecule has 3 rings (SSSR count). The molecule has 20 heavy (non-hydrogen) atoms. The van der Waals surface area contributed by atoms with Crippen LogP contribution in [0.15, 0.2) is 63.9 Å². The van der Waals surface area contributed by atoms with Crippen LogP contribution < -0.4 is 0 Å². The van der Waals surface area contributed by atoms with E-state index in [1.165, 1.54) is 17.3 Å². The number of hydrogen-bond donors (Lipinski definition) is 0. The number of para-hydroxylation sites is 1. The number of aryl methyl sites for hydroxylation is 1. The van der Waals surface area contributed by atoms with Crippen LogP contribution >= 0.6 is 11.8 Å². The van der Waals surface area contributed by atoms with Crippen molar-refractivity contribution in [2.45, 2.75) is 11.8 Å². The van der Waals surface area contributed by atoms with Crippen molar-refractivity contribution in [3.63, 3.8) is 0 Å². The SMILES string of the molecule is Cc1ccc(SCC(=O)c2cc3ccccc3o2)cc1. The second-order valence-electron chi connectivity index (χ2n) is 4.67. The van der Waals surface area contributed by atoms with Crippen LogP contribution in [-0.4, -0.2) is 11.5 Å². The van der Waals surface area contributed by atoms with Gasteiger partial charge in [0.2, 0.25) is 5.78 Å². The van der Waals surface area contributed by atoms with E-state index in [1.807, 2.05) is 61.5 Å². The molecule has 2 nitrogen and oxygen atoms in total. The summed E-state index contributed by atoms with van der Waals surface area (Å²) in [4.78, 5) is 13.2. The van der Waals surface area contributed by atoms with Gasteiger partial charge in [0.15, 0.2) is 5.76 Å². The highest BCUT2D eigenvalue weighted by Gasteiger charge is 2.12. The topological polar surface area (TPSA) is 30.2 Å². The van der Waals surface area contributed by atoms with Gasteiger partial charge in [-0.25, -0.2) is 0 Å². The van der Waals surface area contributed by atoms with Crippen molar-refractivity contribution in [1.82, 2.24) is 0 Å². The van der Waals surface area contributed by atoms with E-state index in [0.717, 1.165) is 15.9 Å². The highest BCUT2D eigenvalue weighted by molar-refractivity contribution is 8.00. The van der Waals surface area contributed by atoms with Gasteiger partial charge in [-0.15, -0.1) is 11.8 Å². The van der Waals surface area contributed by atoms with Gasteiger partial charge >= 0.3 is 0 Å². The number of furan rings is 1. The van der Waals surface area contributed by atoms with Gasteiger partial charge in [0.25, 0.3) is 0 Å². The molecule has 0 aliphatic carbocycles. The zero-order valence-corrected chi connectivity index (χ0v) is 11.9. The van der Waals surface area contributed by atoms with Gasteiger partial charge in [0.1, 0.15) is 5.58 Å². The Labute approximate surface area is 121 Å². The van der Waals surface area contributed by atoms with Crippen molar-refractivity contribution in [2.75, 3.05) is 5.75 Å². The third-order valence-electron chi connectivity index (χ3n) is 3.09. The first-order chi connectivity index (χ1) is 9.72.